The predicted molar refractivity (Wildman–Crippen MR) is 102 cm³/mol. The quantitative estimate of drug-likeness (QED) is 0.705. The van der Waals surface area contributed by atoms with Gasteiger partial charge in [-0.1, -0.05) is 18.2 Å². The molecule has 2 atom stereocenters. The highest BCUT2D eigenvalue weighted by atomic mass is 19.4. The number of piperazine rings is 1. The molecule has 0 bridgehead atoms. The number of para-hydroxylation sites is 1. The number of carbonyl (C=O) groups excluding carboxylic acids is 1. The van der Waals surface area contributed by atoms with Crippen LogP contribution in [0, 0.1) is 23.1 Å². The minimum absolute atomic E-state index is 0.0198. The highest BCUT2D eigenvalue weighted by Gasteiger charge is 2.46. The van der Waals surface area contributed by atoms with E-state index in [9.17, 15) is 27.6 Å². The molecular formula is C22H19F4N3O. The van der Waals surface area contributed by atoms with Gasteiger partial charge in [0.15, 0.2) is 0 Å². The van der Waals surface area contributed by atoms with E-state index in [1.54, 1.807) is 15.9 Å². The van der Waals surface area contributed by atoms with Crippen LogP contribution in [0.2, 0.25) is 0 Å². The lowest BCUT2D eigenvalue weighted by Crippen LogP contribution is -2.49. The molecule has 1 aliphatic heterocycles. The van der Waals surface area contributed by atoms with Crippen molar-refractivity contribution < 1.29 is 22.4 Å². The van der Waals surface area contributed by atoms with Crippen LogP contribution in [0.4, 0.5) is 23.2 Å². The van der Waals surface area contributed by atoms with Crippen LogP contribution < -0.4 is 4.90 Å². The van der Waals surface area contributed by atoms with Crippen molar-refractivity contribution in [2.75, 3.05) is 31.1 Å². The molecule has 1 saturated heterocycles. The third kappa shape index (κ3) is 3.84. The Morgan fingerprint density at radius 2 is 1.70 bits per heavy atom. The molecule has 156 valence electrons. The summed E-state index contributed by atoms with van der Waals surface area (Å²) < 4.78 is 52.3. The molecule has 4 nitrogen and oxygen atoms in total. The number of halogens is 4. The first-order valence-electron chi connectivity index (χ1n) is 9.69. The van der Waals surface area contributed by atoms with Crippen molar-refractivity contribution in [1.29, 1.82) is 5.26 Å². The molecule has 0 aromatic heterocycles. The number of anilines is 1. The first kappa shape index (κ1) is 20.2. The number of hydrogen-bond donors (Lipinski definition) is 0. The maximum absolute atomic E-state index is 14.2. The van der Waals surface area contributed by atoms with E-state index >= 15 is 0 Å². The molecule has 2 aromatic rings. The van der Waals surface area contributed by atoms with Gasteiger partial charge >= 0.3 is 6.18 Å². The van der Waals surface area contributed by atoms with Crippen molar-refractivity contribution in [2.24, 2.45) is 5.92 Å². The summed E-state index contributed by atoms with van der Waals surface area (Å²) in [5, 5.41) is 9.22. The number of carbonyl (C=O) groups is 1. The highest BCUT2D eigenvalue weighted by Crippen LogP contribution is 2.49. The molecule has 1 heterocycles. The summed E-state index contributed by atoms with van der Waals surface area (Å²) in [4.78, 5) is 16.3. The molecule has 1 amide bonds. The second kappa shape index (κ2) is 7.63. The van der Waals surface area contributed by atoms with Gasteiger partial charge in [-0.3, -0.25) is 4.79 Å². The third-order valence-electron chi connectivity index (χ3n) is 5.79. The normalized spacial score (nSPS) is 21.3. The van der Waals surface area contributed by atoms with Crippen LogP contribution in [0.1, 0.15) is 29.0 Å². The van der Waals surface area contributed by atoms with E-state index < -0.39 is 17.6 Å². The maximum atomic E-state index is 14.2. The summed E-state index contributed by atoms with van der Waals surface area (Å²) in [5.41, 5.74) is 0.571. The first-order chi connectivity index (χ1) is 14.3. The highest BCUT2D eigenvalue weighted by molar-refractivity contribution is 5.83. The van der Waals surface area contributed by atoms with Crippen molar-refractivity contribution in [3.63, 3.8) is 0 Å². The van der Waals surface area contributed by atoms with E-state index in [1.165, 1.54) is 24.3 Å². The summed E-state index contributed by atoms with van der Waals surface area (Å²) in [7, 11) is 0. The maximum Gasteiger partial charge on any atom is 0.416 e. The molecule has 1 saturated carbocycles. The van der Waals surface area contributed by atoms with Gasteiger partial charge in [-0.15, -0.1) is 0 Å². The minimum Gasteiger partial charge on any atom is -0.365 e. The Morgan fingerprint density at radius 3 is 2.30 bits per heavy atom. The minimum atomic E-state index is -4.37. The second-order valence-corrected chi connectivity index (χ2v) is 7.63. The van der Waals surface area contributed by atoms with Crippen molar-refractivity contribution >= 4 is 11.6 Å². The predicted octanol–water partition coefficient (Wildman–Crippen LogP) is 4.17. The zero-order valence-corrected chi connectivity index (χ0v) is 16.0. The van der Waals surface area contributed by atoms with E-state index in [4.69, 9.17) is 0 Å². The Labute approximate surface area is 171 Å². The zero-order valence-electron chi connectivity index (χ0n) is 16.0. The summed E-state index contributed by atoms with van der Waals surface area (Å²) in [6.07, 6.45) is -3.75. The van der Waals surface area contributed by atoms with Gasteiger partial charge in [0.1, 0.15) is 11.9 Å². The van der Waals surface area contributed by atoms with E-state index in [-0.39, 0.29) is 29.0 Å². The van der Waals surface area contributed by atoms with Crippen LogP contribution in [-0.4, -0.2) is 37.0 Å². The topological polar surface area (TPSA) is 47.3 Å². The summed E-state index contributed by atoms with van der Waals surface area (Å²) in [5.74, 6) is -0.766. The molecule has 1 aliphatic carbocycles. The molecular weight excluding hydrogens is 398 g/mol. The molecule has 2 aliphatic rings. The Balaban J connectivity index is 1.37. The Morgan fingerprint density at radius 1 is 1.03 bits per heavy atom. The van der Waals surface area contributed by atoms with E-state index in [2.05, 4.69) is 0 Å². The van der Waals surface area contributed by atoms with Gasteiger partial charge in [-0.2, -0.15) is 18.4 Å². The van der Waals surface area contributed by atoms with Gasteiger partial charge in [0, 0.05) is 32.1 Å². The van der Waals surface area contributed by atoms with Crippen LogP contribution in [-0.2, 0) is 11.0 Å². The summed E-state index contributed by atoms with van der Waals surface area (Å²) >= 11 is 0. The number of nitriles is 1. The number of alkyl halides is 3. The SMILES string of the molecule is N#Cc1cccc(F)c1N1CCN(C(=O)[C@H]2C[C@H]2c2ccc(C(F)(F)F)cc2)CC1. The summed E-state index contributed by atoms with van der Waals surface area (Å²) in [6, 6.07) is 11.4. The van der Waals surface area contributed by atoms with E-state index in [0.29, 0.717) is 32.6 Å². The molecule has 4 rings (SSSR count). The van der Waals surface area contributed by atoms with Gasteiger partial charge in [-0.05, 0) is 42.2 Å². The van der Waals surface area contributed by atoms with Gasteiger partial charge in [0.25, 0.3) is 0 Å². The fourth-order valence-corrected chi connectivity index (χ4v) is 4.07. The Kier molecular flexibility index (Phi) is 5.14. The summed E-state index contributed by atoms with van der Waals surface area (Å²) in [6.45, 7) is 1.65. The van der Waals surface area contributed by atoms with E-state index in [0.717, 1.165) is 17.7 Å². The molecule has 0 spiro atoms. The Hall–Kier alpha value is -3.08. The third-order valence-corrected chi connectivity index (χ3v) is 5.79. The molecule has 2 aromatic carbocycles. The molecule has 2 fully saturated rings. The monoisotopic (exact) mass is 417 g/mol. The van der Waals surface area contributed by atoms with Crippen LogP contribution in [0.15, 0.2) is 42.5 Å². The van der Waals surface area contributed by atoms with E-state index in [1.807, 2.05) is 6.07 Å². The van der Waals surface area contributed by atoms with Gasteiger partial charge < -0.3 is 9.80 Å². The van der Waals surface area contributed by atoms with Crippen molar-refractivity contribution in [1.82, 2.24) is 4.90 Å². The number of nitrogens with zero attached hydrogens (tertiary/aromatic N) is 3. The number of hydrogen-bond acceptors (Lipinski definition) is 3. The molecule has 8 heteroatoms. The fraction of sp³-hybridized carbons (Fsp3) is 0.364. The standard InChI is InChI=1S/C22H19F4N3O/c23-19-3-1-2-15(13-27)20(19)28-8-10-29(11-9-28)21(30)18-12-17(18)14-4-6-16(7-5-14)22(24,25)26/h1-7,17-18H,8-12H2/t17-,18-/m0/s1. The number of benzene rings is 2. The van der Waals surface area contributed by atoms with Crippen LogP contribution in [0.3, 0.4) is 0 Å². The van der Waals surface area contributed by atoms with Gasteiger partial charge in [0.2, 0.25) is 5.91 Å². The molecule has 0 unspecified atom stereocenters. The van der Waals surface area contributed by atoms with Crippen molar-refractivity contribution in [2.45, 2.75) is 18.5 Å². The van der Waals surface area contributed by atoms with Crippen molar-refractivity contribution in [3.05, 3.63) is 65.0 Å². The lowest BCUT2D eigenvalue weighted by atomic mass is 10.1. The van der Waals surface area contributed by atoms with Crippen LogP contribution in [0.5, 0.6) is 0 Å². The number of rotatable bonds is 3. The average molecular weight is 417 g/mol. The molecule has 0 radical (unpaired) electrons. The first-order valence-corrected chi connectivity index (χ1v) is 9.69. The van der Waals surface area contributed by atoms with Crippen molar-refractivity contribution in [3.8, 4) is 6.07 Å². The van der Waals surface area contributed by atoms with Crippen LogP contribution in [0.25, 0.3) is 0 Å². The lowest BCUT2D eigenvalue weighted by molar-refractivity contribution is -0.137. The zero-order chi connectivity index (χ0) is 21.5. The number of amides is 1. The van der Waals surface area contributed by atoms with Gasteiger partial charge in [-0.25, -0.2) is 4.39 Å². The second-order valence-electron chi connectivity index (χ2n) is 7.63. The smallest absolute Gasteiger partial charge is 0.365 e. The Bertz CT molecular complexity index is 989. The lowest BCUT2D eigenvalue weighted by Gasteiger charge is -2.36. The fourth-order valence-electron chi connectivity index (χ4n) is 4.07. The average Bonchev–Trinajstić information content (AvgIpc) is 3.53. The molecule has 30 heavy (non-hydrogen) atoms. The largest absolute Gasteiger partial charge is 0.416 e. The van der Waals surface area contributed by atoms with Crippen LogP contribution >= 0.6 is 0 Å². The molecule has 0 N–H and O–H groups in total. The van der Waals surface area contributed by atoms with Gasteiger partial charge in [0.05, 0.1) is 16.8 Å².